The van der Waals surface area contributed by atoms with Crippen LogP contribution in [-0.2, 0) is 4.74 Å². The van der Waals surface area contributed by atoms with E-state index in [9.17, 15) is 9.59 Å². The van der Waals surface area contributed by atoms with Crippen molar-refractivity contribution in [2.24, 2.45) is 0 Å². The zero-order valence-electron chi connectivity index (χ0n) is 14.6. The molecule has 0 unspecified atom stereocenters. The second-order valence-corrected chi connectivity index (χ2v) is 5.65. The quantitative estimate of drug-likeness (QED) is 0.714. The van der Waals surface area contributed by atoms with Crippen molar-refractivity contribution in [1.82, 2.24) is 9.78 Å². The Balaban J connectivity index is 1.84. The molecule has 6 nitrogen and oxygen atoms in total. The van der Waals surface area contributed by atoms with Gasteiger partial charge in [0, 0.05) is 11.3 Å². The summed E-state index contributed by atoms with van der Waals surface area (Å²) in [5.41, 5.74) is 3.06. The number of rotatable bonds is 5. The summed E-state index contributed by atoms with van der Waals surface area (Å²) in [6.07, 6.45) is 1.49. The van der Waals surface area contributed by atoms with E-state index in [0.717, 1.165) is 5.69 Å². The van der Waals surface area contributed by atoms with E-state index >= 15 is 0 Å². The molecule has 0 aliphatic heterocycles. The van der Waals surface area contributed by atoms with Gasteiger partial charge in [0.2, 0.25) is 0 Å². The fraction of sp³-hybridized carbons (Fsp3) is 0.150. The molecule has 0 fully saturated rings. The molecule has 3 aromatic rings. The van der Waals surface area contributed by atoms with E-state index in [1.54, 1.807) is 42.8 Å². The second kappa shape index (κ2) is 7.65. The number of benzene rings is 2. The number of carbonyl (C=O) groups excluding carboxylic acids is 2. The number of carbonyl (C=O) groups is 2. The zero-order chi connectivity index (χ0) is 18.5. The number of aromatic nitrogens is 2. The normalized spacial score (nSPS) is 10.4. The first-order chi connectivity index (χ1) is 12.6. The smallest absolute Gasteiger partial charge is 0.341 e. The van der Waals surface area contributed by atoms with Gasteiger partial charge in [-0.1, -0.05) is 24.3 Å². The Morgan fingerprint density at radius 3 is 2.62 bits per heavy atom. The SMILES string of the molecule is CCOC(=O)c1cnn(-c2cccc(NC(=O)c3ccccc3)c2)c1C. The Kier molecular flexibility index (Phi) is 5.12. The second-order valence-electron chi connectivity index (χ2n) is 5.65. The van der Waals surface area contributed by atoms with Crippen molar-refractivity contribution in [3.8, 4) is 5.69 Å². The molecular weight excluding hydrogens is 330 g/mol. The van der Waals surface area contributed by atoms with Gasteiger partial charge in [-0.05, 0) is 44.2 Å². The Morgan fingerprint density at radius 1 is 1.12 bits per heavy atom. The first-order valence-corrected chi connectivity index (χ1v) is 8.28. The molecule has 0 radical (unpaired) electrons. The summed E-state index contributed by atoms with van der Waals surface area (Å²) < 4.78 is 6.68. The molecule has 1 N–H and O–H groups in total. The van der Waals surface area contributed by atoms with Gasteiger partial charge in [-0.2, -0.15) is 5.10 Å². The maximum absolute atomic E-state index is 12.3. The molecule has 132 valence electrons. The standard InChI is InChI=1S/C20H19N3O3/c1-3-26-20(25)18-13-21-23(14(18)2)17-11-7-10-16(12-17)22-19(24)15-8-5-4-6-9-15/h4-13H,3H2,1-2H3,(H,22,24). The summed E-state index contributed by atoms with van der Waals surface area (Å²) in [4.78, 5) is 24.2. The lowest BCUT2D eigenvalue weighted by atomic mass is 10.2. The molecule has 0 saturated carbocycles. The summed E-state index contributed by atoms with van der Waals surface area (Å²) in [5.74, 6) is -0.586. The first kappa shape index (κ1) is 17.4. The van der Waals surface area contributed by atoms with Crippen LogP contribution in [0.15, 0.2) is 60.8 Å². The lowest BCUT2D eigenvalue weighted by molar-refractivity contribution is 0.0525. The molecule has 2 aromatic carbocycles. The monoisotopic (exact) mass is 349 g/mol. The average Bonchev–Trinajstić information content (AvgIpc) is 3.04. The molecule has 26 heavy (non-hydrogen) atoms. The number of esters is 1. The largest absolute Gasteiger partial charge is 0.462 e. The summed E-state index contributed by atoms with van der Waals surface area (Å²) in [7, 11) is 0. The number of anilines is 1. The van der Waals surface area contributed by atoms with Crippen molar-refractivity contribution >= 4 is 17.6 Å². The van der Waals surface area contributed by atoms with E-state index in [1.165, 1.54) is 6.20 Å². The number of hydrogen-bond acceptors (Lipinski definition) is 4. The van der Waals surface area contributed by atoms with Crippen LogP contribution in [0, 0.1) is 6.92 Å². The van der Waals surface area contributed by atoms with Gasteiger partial charge in [0.1, 0.15) is 5.56 Å². The van der Waals surface area contributed by atoms with Crippen LogP contribution in [0.25, 0.3) is 5.69 Å². The van der Waals surface area contributed by atoms with Gasteiger partial charge in [0.05, 0.1) is 24.2 Å². The Hall–Kier alpha value is -3.41. The highest BCUT2D eigenvalue weighted by molar-refractivity contribution is 6.04. The topological polar surface area (TPSA) is 73.2 Å². The van der Waals surface area contributed by atoms with Crippen molar-refractivity contribution in [3.63, 3.8) is 0 Å². The van der Waals surface area contributed by atoms with Crippen LogP contribution >= 0.6 is 0 Å². The fourth-order valence-electron chi connectivity index (χ4n) is 2.59. The molecule has 0 aliphatic rings. The molecule has 6 heteroatoms. The summed E-state index contributed by atoms with van der Waals surface area (Å²) in [6, 6.07) is 16.3. The van der Waals surface area contributed by atoms with E-state index in [1.807, 2.05) is 30.3 Å². The Morgan fingerprint density at radius 2 is 1.88 bits per heavy atom. The van der Waals surface area contributed by atoms with Crippen molar-refractivity contribution in [2.45, 2.75) is 13.8 Å². The zero-order valence-corrected chi connectivity index (χ0v) is 14.6. The third kappa shape index (κ3) is 3.64. The Bertz CT molecular complexity index is 932. The third-order valence-electron chi connectivity index (χ3n) is 3.89. The molecule has 1 heterocycles. The maximum atomic E-state index is 12.3. The molecule has 3 rings (SSSR count). The van der Waals surface area contributed by atoms with Crippen molar-refractivity contribution in [2.75, 3.05) is 11.9 Å². The van der Waals surface area contributed by atoms with Crippen LogP contribution in [0.3, 0.4) is 0 Å². The minimum atomic E-state index is -0.398. The van der Waals surface area contributed by atoms with Gasteiger partial charge < -0.3 is 10.1 Å². The van der Waals surface area contributed by atoms with E-state index in [-0.39, 0.29) is 5.91 Å². The molecule has 1 amide bonds. The van der Waals surface area contributed by atoms with Gasteiger partial charge in [0.25, 0.3) is 5.91 Å². The predicted molar refractivity (Wildman–Crippen MR) is 98.7 cm³/mol. The maximum Gasteiger partial charge on any atom is 0.341 e. The van der Waals surface area contributed by atoms with E-state index in [0.29, 0.717) is 29.1 Å². The summed E-state index contributed by atoms with van der Waals surface area (Å²) in [5, 5.41) is 7.14. The lowest BCUT2D eigenvalue weighted by Gasteiger charge is -2.09. The number of hydrogen-bond donors (Lipinski definition) is 1. The number of ether oxygens (including phenoxy) is 1. The van der Waals surface area contributed by atoms with E-state index < -0.39 is 5.97 Å². The van der Waals surface area contributed by atoms with Crippen LogP contribution in [0.2, 0.25) is 0 Å². The highest BCUT2D eigenvalue weighted by Crippen LogP contribution is 2.19. The van der Waals surface area contributed by atoms with Crippen LogP contribution in [0.4, 0.5) is 5.69 Å². The van der Waals surface area contributed by atoms with E-state index in [4.69, 9.17) is 4.74 Å². The highest BCUT2D eigenvalue weighted by Gasteiger charge is 2.16. The van der Waals surface area contributed by atoms with E-state index in [2.05, 4.69) is 10.4 Å². The van der Waals surface area contributed by atoms with Crippen molar-refractivity contribution in [1.29, 1.82) is 0 Å². The van der Waals surface area contributed by atoms with Gasteiger partial charge in [0.15, 0.2) is 0 Å². The van der Waals surface area contributed by atoms with Crippen LogP contribution in [-0.4, -0.2) is 28.3 Å². The molecule has 0 bridgehead atoms. The minimum Gasteiger partial charge on any atom is -0.462 e. The predicted octanol–water partition coefficient (Wildman–Crippen LogP) is 3.61. The van der Waals surface area contributed by atoms with Gasteiger partial charge in [-0.3, -0.25) is 4.79 Å². The highest BCUT2D eigenvalue weighted by atomic mass is 16.5. The van der Waals surface area contributed by atoms with Crippen LogP contribution in [0.5, 0.6) is 0 Å². The molecule has 0 aliphatic carbocycles. The molecule has 1 aromatic heterocycles. The van der Waals surface area contributed by atoms with Gasteiger partial charge >= 0.3 is 5.97 Å². The van der Waals surface area contributed by atoms with Crippen LogP contribution < -0.4 is 5.32 Å². The third-order valence-corrected chi connectivity index (χ3v) is 3.89. The number of nitrogens with zero attached hydrogens (tertiary/aromatic N) is 2. The van der Waals surface area contributed by atoms with Gasteiger partial charge in [-0.15, -0.1) is 0 Å². The first-order valence-electron chi connectivity index (χ1n) is 8.28. The minimum absolute atomic E-state index is 0.188. The molecular formula is C20H19N3O3. The summed E-state index contributed by atoms with van der Waals surface area (Å²) >= 11 is 0. The summed E-state index contributed by atoms with van der Waals surface area (Å²) in [6.45, 7) is 3.87. The average molecular weight is 349 g/mol. The van der Waals surface area contributed by atoms with Crippen LogP contribution in [0.1, 0.15) is 33.3 Å². The number of amides is 1. The Labute approximate surface area is 151 Å². The van der Waals surface area contributed by atoms with Crippen molar-refractivity contribution in [3.05, 3.63) is 77.6 Å². The van der Waals surface area contributed by atoms with Crippen molar-refractivity contribution < 1.29 is 14.3 Å². The van der Waals surface area contributed by atoms with Gasteiger partial charge in [-0.25, -0.2) is 9.48 Å². The molecule has 0 saturated heterocycles. The lowest BCUT2D eigenvalue weighted by Crippen LogP contribution is -2.12. The fourth-order valence-corrected chi connectivity index (χ4v) is 2.59. The number of nitrogens with one attached hydrogen (secondary N) is 1. The molecule has 0 spiro atoms. The molecule has 0 atom stereocenters.